The van der Waals surface area contributed by atoms with E-state index in [-0.39, 0.29) is 49.1 Å². The van der Waals surface area contributed by atoms with Crippen LogP contribution in [0.5, 0.6) is 0 Å². The molecule has 0 spiro atoms. The topological polar surface area (TPSA) is 102 Å². The number of aliphatic carboxylic acids is 1. The first-order valence-corrected chi connectivity index (χ1v) is 23.0. The van der Waals surface area contributed by atoms with Crippen molar-refractivity contribution in [2.75, 3.05) is 41.0 Å². The summed E-state index contributed by atoms with van der Waals surface area (Å²) in [6.45, 7) is 4.47. The third-order valence-corrected chi connectivity index (χ3v) is 9.83. The second-order valence-corrected chi connectivity index (χ2v) is 16.3. The summed E-state index contributed by atoms with van der Waals surface area (Å²) < 4.78 is 17.1. The summed E-state index contributed by atoms with van der Waals surface area (Å²) >= 11 is 0. The molecule has 0 fully saturated rings. The van der Waals surface area contributed by atoms with Crippen LogP contribution in [0.15, 0.2) is 72.9 Å². The minimum Gasteiger partial charge on any atom is -0.544 e. The highest BCUT2D eigenvalue weighted by Crippen LogP contribution is 2.13. The molecule has 8 nitrogen and oxygen atoms in total. The number of carboxylic acids is 1. The van der Waals surface area contributed by atoms with Gasteiger partial charge in [-0.15, -0.1) is 0 Å². The average molecular weight is 812 g/mol. The van der Waals surface area contributed by atoms with E-state index in [9.17, 15) is 19.5 Å². The minimum atomic E-state index is -1.14. The lowest BCUT2D eigenvalue weighted by atomic mass is 10.1. The maximum absolute atomic E-state index is 12.7. The molecular formula is C50H85NO7. The Morgan fingerprint density at radius 3 is 1.50 bits per heavy atom. The summed E-state index contributed by atoms with van der Waals surface area (Å²) in [4.78, 5) is 36.9. The molecule has 2 atom stereocenters. The molecule has 0 amide bonds. The van der Waals surface area contributed by atoms with Crippen molar-refractivity contribution in [3.63, 3.8) is 0 Å². The van der Waals surface area contributed by atoms with E-state index in [0.29, 0.717) is 12.8 Å². The fraction of sp³-hybridized carbons (Fsp3) is 0.700. The van der Waals surface area contributed by atoms with Crippen LogP contribution in [0.4, 0.5) is 0 Å². The van der Waals surface area contributed by atoms with Crippen LogP contribution in [0.3, 0.4) is 0 Å². The monoisotopic (exact) mass is 812 g/mol. The largest absolute Gasteiger partial charge is 0.544 e. The van der Waals surface area contributed by atoms with Crippen LogP contribution < -0.4 is 5.11 Å². The van der Waals surface area contributed by atoms with Gasteiger partial charge in [-0.3, -0.25) is 9.59 Å². The van der Waals surface area contributed by atoms with E-state index in [1.54, 1.807) is 21.1 Å². The van der Waals surface area contributed by atoms with Gasteiger partial charge in [-0.05, 0) is 77.0 Å². The Morgan fingerprint density at radius 2 is 0.983 bits per heavy atom. The van der Waals surface area contributed by atoms with Gasteiger partial charge in [-0.1, -0.05) is 151 Å². The molecule has 0 radical (unpaired) electrons. The van der Waals surface area contributed by atoms with Gasteiger partial charge in [-0.2, -0.15) is 0 Å². The Bertz CT molecular complexity index is 1180. The summed E-state index contributed by atoms with van der Waals surface area (Å²) in [5.41, 5.74) is 0. The molecule has 58 heavy (non-hydrogen) atoms. The van der Waals surface area contributed by atoms with Gasteiger partial charge in [0.05, 0.1) is 40.3 Å². The predicted molar refractivity (Wildman–Crippen MR) is 240 cm³/mol. The first kappa shape index (κ1) is 54.8. The summed E-state index contributed by atoms with van der Waals surface area (Å²) in [7, 11) is 5.38. The third kappa shape index (κ3) is 38.3. The number of carbonyl (C=O) groups is 3. The number of allylic oxidation sites excluding steroid dienone is 12. The van der Waals surface area contributed by atoms with Crippen LogP contribution in [-0.4, -0.2) is 75.5 Å². The van der Waals surface area contributed by atoms with E-state index in [1.165, 1.54) is 77.0 Å². The number of quaternary nitrogens is 1. The zero-order valence-corrected chi connectivity index (χ0v) is 37.7. The first-order chi connectivity index (χ1) is 28.1. The van der Waals surface area contributed by atoms with Crippen molar-refractivity contribution in [1.82, 2.24) is 0 Å². The average Bonchev–Trinajstić information content (AvgIpc) is 3.18. The van der Waals surface area contributed by atoms with E-state index in [4.69, 9.17) is 14.2 Å². The maximum Gasteiger partial charge on any atom is 0.306 e. The molecule has 0 aromatic carbocycles. The fourth-order valence-corrected chi connectivity index (χ4v) is 6.28. The number of carbonyl (C=O) groups excluding carboxylic acids is 3. The molecule has 0 aromatic rings. The Labute approximate surface area is 355 Å². The number of hydrogen-bond acceptors (Lipinski definition) is 7. The van der Waals surface area contributed by atoms with Gasteiger partial charge in [-0.25, -0.2) is 0 Å². The zero-order valence-electron chi connectivity index (χ0n) is 37.7. The van der Waals surface area contributed by atoms with Crippen molar-refractivity contribution in [1.29, 1.82) is 0 Å². The maximum atomic E-state index is 12.7. The van der Waals surface area contributed by atoms with Crippen molar-refractivity contribution in [2.45, 2.75) is 187 Å². The quantitative estimate of drug-likeness (QED) is 0.0263. The Morgan fingerprint density at radius 1 is 0.534 bits per heavy atom. The van der Waals surface area contributed by atoms with Gasteiger partial charge in [0, 0.05) is 19.3 Å². The first-order valence-electron chi connectivity index (χ1n) is 23.0. The molecular weight excluding hydrogens is 727 g/mol. The van der Waals surface area contributed by atoms with Crippen molar-refractivity contribution >= 4 is 17.9 Å². The minimum absolute atomic E-state index is 0.0135. The van der Waals surface area contributed by atoms with Crippen molar-refractivity contribution < 1.29 is 38.2 Å². The number of rotatable bonds is 40. The van der Waals surface area contributed by atoms with Crippen molar-refractivity contribution in [2.24, 2.45) is 0 Å². The van der Waals surface area contributed by atoms with Gasteiger partial charge in [0.25, 0.3) is 0 Å². The fourth-order valence-electron chi connectivity index (χ4n) is 6.28. The number of carboxylic acid groups (broad SMARTS) is 1. The van der Waals surface area contributed by atoms with Crippen LogP contribution in [0.1, 0.15) is 174 Å². The highest BCUT2D eigenvalue weighted by Gasteiger charge is 2.25. The molecule has 2 unspecified atom stereocenters. The van der Waals surface area contributed by atoms with E-state index in [1.807, 2.05) is 0 Å². The molecule has 0 bridgehead atoms. The number of esters is 2. The zero-order chi connectivity index (χ0) is 42.8. The molecule has 0 aliphatic carbocycles. The van der Waals surface area contributed by atoms with Gasteiger partial charge in [0.1, 0.15) is 12.6 Å². The molecule has 8 heteroatoms. The molecule has 0 aliphatic heterocycles. The standard InChI is InChI=1S/C50H85NO7/c1-6-8-10-12-14-16-18-20-22-24-26-28-30-32-34-36-38-40-48(52)57-45-46(44-56-43-42-47(50(54)55)51(3,4)5)58-49(53)41-39-37-35-33-31-29-27-25-23-21-19-17-15-13-11-9-7-2/h9,11,15,17,20-23,27,29,33,35,46-47H,6-8,10,12-14,16,18-19,24-26,28,30-32,34,36-45H2,1-5H3/b11-9+,17-15+,22-20+,23-21+,29-27+,35-33+. The highest BCUT2D eigenvalue weighted by atomic mass is 16.6. The number of likely N-dealkylation sites (N-methyl/N-ethyl adjacent to an activating group) is 1. The lowest BCUT2D eigenvalue weighted by Gasteiger charge is -2.34. The van der Waals surface area contributed by atoms with E-state index in [2.05, 4.69) is 86.8 Å². The summed E-state index contributed by atoms with van der Waals surface area (Å²) in [5, 5.41) is 11.6. The molecule has 332 valence electrons. The summed E-state index contributed by atoms with van der Waals surface area (Å²) in [5.74, 6) is -1.82. The van der Waals surface area contributed by atoms with Gasteiger partial charge in [0.15, 0.2) is 6.10 Å². The molecule has 0 saturated carbocycles. The number of nitrogens with zero attached hydrogens (tertiary/aromatic N) is 1. The smallest absolute Gasteiger partial charge is 0.306 e. The van der Waals surface area contributed by atoms with Crippen LogP contribution in [0.25, 0.3) is 0 Å². The lowest BCUT2D eigenvalue weighted by Crippen LogP contribution is -2.55. The Kier molecular flexibility index (Phi) is 38.3. The summed E-state index contributed by atoms with van der Waals surface area (Å²) in [6, 6.07) is -0.739. The van der Waals surface area contributed by atoms with Gasteiger partial charge < -0.3 is 28.6 Å². The summed E-state index contributed by atoms with van der Waals surface area (Å²) in [6.07, 6.45) is 50.8. The molecule has 0 N–H and O–H groups in total. The number of ether oxygens (including phenoxy) is 3. The van der Waals surface area contributed by atoms with Crippen LogP contribution in [0.2, 0.25) is 0 Å². The third-order valence-electron chi connectivity index (χ3n) is 9.83. The predicted octanol–water partition coefficient (Wildman–Crippen LogP) is 11.4. The van der Waals surface area contributed by atoms with Crippen LogP contribution in [0, 0.1) is 0 Å². The molecule has 0 aromatic heterocycles. The van der Waals surface area contributed by atoms with Gasteiger partial charge in [0.2, 0.25) is 0 Å². The molecule has 0 aliphatic rings. The van der Waals surface area contributed by atoms with Gasteiger partial charge >= 0.3 is 11.9 Å². The Balaban J connectivity index is 4.43. The SMILES string of the molecule is CC/C=C/C/C=C/C/C=C/C/C=C/C/C=C/CCCC(=O)OC(COCCC(C(=O)[O-])[N+](C)(C)C)COC(=O)CCCCCCCCC/C=C/CCCCCCCC. The van der Waals surface area contributed by atoms with Crippen LogP contribution in [-0.2, 0) is 28.6 Å². The van der Waals surface area contributed by atoms with Crippen molar-refractivity contribution in [3.05, 3.63) is 72.9 Å². The molecule has 0 rings (SSSR count). The number of hydrogen-bond donors (Lipinski definition) is 0. The Hall–Kier alpha value is -3.23. The van der Waals surface area contributed by atoms with E-state index in [0.717, 1.165) is 57.8 Å². The van der Waals surface area contributed by atoms with Crippen LogP contribution >= 0.6 is 0 Å². The number of unbranched alkanes of at least 4 members (excludes halogenated alkanes) is 14. The molecule has 0 saturated heterocycles. The molecule has 0 heterocycles. The highest BCUT2D eigenvalue weighted by molar-refractivity contribution is 5.70. The second-order valence-electron chi connectivity index (χ2n) is 16.3. The van der Waals surface area contributed by atoms with E-state index >= 15 is 0 Å². The normalized spacial score (nSPS) is 13.6. The lowest BCUT2D eigenvalue weighted by molar-refractivity contribution is -0.889. The second kappa shape index (κ2) is 40.5. The van der Waals surface area contributed by atoms with E-state index < -0.39 is 18.1 Å². The van der Waals surface area contributed by atoms with Crippen molar-refractivity contribution in [3.8, 4) is 0 Å².